The van der Waals surface area contributed by atoms with Gasteiger partial charge < -0.3 is 4.74 Å². The predicted molar refractivity (Wildman–Crippen MR) is 66.6 cm³/mol. The Balaban J connectivity index is 2.67. The van der Waals surface area contributed by atoms with E-state index in [0.29, 0.717) is 12.1 Å². The molecule has 1 aromatic carbocycles. The van der Waals surface area contributed by atoms with E-state index in [1.165, 1.54) is 6.07 Å². The highest BCUT2D eigenvalue weighted by Gasteiger charge is 2.18. The lowest BCUT2D eigenvalue weighted by molar-refractivity contribution is -0.385. The average molecular weight is 333 g/mol. The molecule has 1 heterocycles. The lowest BCUT2D eigenvalue weighted by Crippen LogP contribution is -1.97. The number of hydrogen-bond acceptors (Lipinski definition) is 4. The Bertz CT molecular complexity index is 552. The van der Waals surface area contributed by atoms with Crippen LogP contribution in [-0.2, 0) is 0 Å². The van der Waals surface area contributed by atoms with E-state index in [0.717, 1.165) is 9.09 Å². The number of hydrogen-bond donors (Lipinski definition) is 1. The van der Waals surface area contributed by atoms with Crippen LogP contribution in [0.3, 0.4) is 0 Å². The van der Waals surface area contributed by atoms with Crippen LogP contribution in [0.15, 0.2) is 12.1 Å². The molecule has 0 aliphatic carbocycles. The van der Waals surface area contributed by atoms with Gasteiger partial charge in [0.25, 0.3) is 0 Å². The molecule has 16 heavy (non-hydrogen) atoms. The Labute approximate surface area is 104 Å². The minimum Gasteiger partial charge on any atom is -0.487 e. The number of benzene rings is 1. The van der Waals surface area contributed by atoms with Crippen LogP contribution in [-0.4, -0.2) is 21.7 Å². The van der Waals surface area contributed by atoms with Crippen molar-refractivity contribution < 1.29 is 9.66 Å². The standard InChI is InChI=1S/C9H8IN3O3/c1-2-16-8-3-5-6(11-12-9(5)10)4-7(8)13(14)15/h3-4H,2H2,1H3,(H,11,12). The van der Waals surface area contributed by atoms with Gasteiger partial charge in [-0.05, 0) is 35.6 Å². The lowest BCUT2D eigenvalue weighted by Gasteiger charge is -2.03. The van der Waals surface area contributed by atoms with Crippen LogP contribution in [0.5, 0.6) is 5.75 Å². The number of rotatable bonds is 3. The number of ether oxygens (including phenoxy) is 1. The van der Waals surface area contributed by atoms with Crippen molar-refractivity contribution in [3.05, 3.63) is 25.9 Å². The maximum absolute atomic E-state index is 10.8. The number of nitro benzene ring substituents is 1. The third-order valence-corrected chi connectivity index (χ3v) is 2.91. The van der Waals surface area contributed by atoms with Crippen LogP contribution in [0, 0.1) is 13.8 Å². The molecule has 0 amide bonds. The van der Waals surface area contributed by atoms with Crippen molar-refractivity contribution in [1.82, 2.24) is 10.2 Å². The molecule has 1 aromatic heterocycles. The first-order valence-corrected chi connectivity index (χ1v) is 5.66. The van der Waals surface area contributed by atoms with E-state index in [1.54, 1.807) is 13.0 Å². The molecule has 0 bridgehead atoms. The Kier molecular flexibility index (Phi) is 2.95. The van der Waals surface area contributed by atoms with Crippen molar-refractivity contribution >= 4 is 39.2 Å². The summed E-state index contributed by atoms with van der Waals surface area (Å²) in [7, 11) is 0. The van der Waals surface area contributed by atoms with Gasteiger partial charge in [-0.2, -0.15) is 5.10 Å². The molecule has 2 aromatic rings. The zero-order valence-corrected chi connectivity index (χ0v) is 10.5. The van der Waals surface area contributed by atoms with E-state index in [2.05, 4.69) is 32.8 Å². The van der Waals surface area contributed by atoms with E-state index < -0.39 is 4.92 Å². The predicted octanol–water partition coefficient (Wildman–Crippen LogP) is 2.47. The summed E-state index contributed by atoms with van der Waals surface area (Å²) < 4.78 is 6.08. The molecule has 0 saturated heterocycles. The summed E-state index contributed by atoms with van der Waals surface area (Å²) in [5, 5.41) is 18.4. The van der Waals surface area contributed by atoms with Gasteiger partial charge in [-0.25, -0.2) is 0 Å². The summed E-state index contributed by atoms with van der Waals surface area (Å²) in [5.41, 5.74) is 0.511. The summed E-state index contributed by atoms with van der Waals surface area (Å²) >= 11 is 2.08. The van der Waals surface area contributed by atoms with Gasteiger partial charge in [-0.1, -0.05) is 0 Å². The zero-order valence-electron chi connectivity index (χ0n) is 8.36. The van der Waals surface area contributed by atoms with Crippen molar-refractivity contribution in [3.63, 3.8) is 0 Å². The molecule has 0 unspecified atom stereocenters. The summed E-state index contributed by atoms with van der Waals surface area (Å²) in [5.74, 6) is 0.277. The molecule has 0 spiro atoms. The van der Waals surface area contributed by atoms with Gasteiger partial charge in [0.15, 0.2) is 5.75 Å². The first kappa shape index (κ1) is 11.1. The second kappa shape index (κ2) is 4.24. The number of H-pyrrole nitrogens is 1. The Morgan fingerprint density at radius 1 is 1.62 bits per heavy atom. The van der Waals surface area contributed by atoms with Gasteiger partial charge in [0.1, 0.15) is 9.22 Å². The Morgan fingerprint density at radius 2 is 2.38 bits per heavy atom. The van der Waals surface area contributed by atoms with Gasteiger partial charge >= 0.3 is 5.69 Å². The van der Waals surface area contributed by atoms with E-state index in [1.807, 2.05) is 0 Å². The molecule has 0 aliphatic heterocycles. The quantitative estimate of drug-likeness (QED) is 0.532. The smallest absolute Gasteiger partial charge is 0.313 e. The van der Waals surface area contributed by atoms with Crippen LogP contribution in [0.4, 0.5) is 5.69 Å². The van der Waals surface area contributed by atoms with Crippen molar-refractivity contribution in [2.24, 2.45) is 0 Å². The van der Waals surface area contributed by atoms with Crippen molar-refractivity contribution in [2.75, 3.05) is 6.61 Å². The maximum atomic E-state index is 10.8. The minimum absolute atomic E-state index is 0.0581. The number of aromatic amines is 1. The van der Waals surface area contributed by atoms with Crippen LogP contribution in [0.25, 0.3) is 10.9 Å². The fraction of sp³-hybridized carbons (Fsp3) is 0.222. The molecule has 0 fully saturated rings. The lowest BCUT2D eigenvalue weighted by atomic mass is 10.2. The first-order chi connectivity index (χ1) is 7.63. The fourth-order valence-electron chi connectivity index (χ4n) is 1.41. The van der Waals surface area contributed by atoms with E-state index >= 15 is 0 Å². The monoisotopic (exact) mass is 333 g/mol. The van der Waals surface area contributed by atoms with Crippen LogP contribution in [0.2, 0.25) is 0 Å². The average Bonchev–Trinajstić information content (AvgIpc) is 2.60. The summed E-state index contributed by atoms with van der Waals surface area (Å²) in [4.78, 5) is 10.4. The Hall–Kier alpha value is -1.38. The molecule has 0 aliphatic rings. The molecule has 0 atom stereocenters. The van der Waals surface area contributed by atoms with Crippen LogP contribution < -0.4 is 4.74 Å². The minimum atomic E-state index is -0.466. The molecule has 6 nitrogen and oxygen atoms in total. The van der Waals surface area contributed by atoms with E-state index in [-0.39, 0.29) is 11.4 Å². The third-order valence-electron chi connectivity index (χ3n) is 2.08. The van der Waals surface area contributed by atoms with Gasteiger partial charge in [0, 0.05) is 11.5 Å². The topological polar surface area (TPSA) is 81.0 Å². The summed E-state index contributed by atoms with van der Waals surface area (Å²) in [6.07, 6.45) is 0. The SMILES string of the molecule is CCOc1cc2c(I)[nH]nc2cc1[N+](=O)[O-]. The number of nitro groups is 1. The second-order valence-electron chi connectivity index (χ2n) is 3.06. The molecular formula is C9H8IN3O3. The highest BCUT2D eigenvalue weighted by atomic mass is 127. The number of nitrogens with one attached hydrogen (secondary N) is 1. The van der Waals surface area contributed by atoms with Crippen molar-refractivity contribution in [1.29, 1.82) is 0 Å². The highest BCUT2D eigenvalue weighted by molar-refractivity contribution is 14.1. The molecule has 0 radical (unpaired) electrons. The number of aromatic nitrogens is 2. The number of fused-ring (bicyclic) bond motifs is 1. The van der Waals surface area contributed by atoms with Gasteiger partial charge in [0.05, 0.1) is 11.5 Å². The van der Waals surface area contributed by atoms with Crippen LogP contribution in [0.1, 0.15) is 6.92 Å². The summed E-state index contributed by atoms with van der Waals surface area (Å²) in [6.45, 7) is 2.18. The van der Waals surface area contributed by atoms with Gasteiger partial charge in [0.2, 0.25) is 0 Å². The largest absolute Gasteiger partial charge is 0.487 e. The highest BCUT2D eigenvalue weighted by Crippen LogP contribution is 2.32. The molecule has 7 heteroatoms. The van der Waals surface area contributed by atoms with Crippen molar-refractivity contribution in [2.45, 2.75) is 6.92 Å². The van der Waals surface area contributed by atoms with Crippen molar-refractivity contribution in [3.8, 4) is 5.75 Å². The third kappa shape index (κ3) is 1.82. The van der Waals surface area contributed by atoms with Gasteiger partial charge in [-0.3, -0.25) is 15.2 Å². The fourth-order valence-corrected chi connectivity index (χ4v) is 1.96. The molecular weight excluding hydrogens is 325 g/mol. The summed E-state index contributed by atoms with van der Waals surface area (Å²) in [6, 6.07) is 3.06. The first-order valence-electron chi connectivity index (χ1n) is 4.58. The van der Waals surface area contributed by atoms with Gasteiger partial charge in [-0.15, -0.1) is 0 Å². The normalized spacial score (nSPS) is 10.6. The molecule has 0 saturated carbocycles. The maximum Gasteiger partial charge on any atom is 0.313 e. The number of nitrogens with zero attached hydrogens (tertiary/aromatic N) is 2. The zero-order chi connectivity index (χ0) is 11.7. The molecule has 1 N–H and O–H groups in total. The molecule has 84 valence electrons. The second-order valence-corrected chi connectivity index (χ2v) is 4.14. The van der Waals surface area contributed by atoms with E-state index in [4.69, 9.17) is 4.74 Å². The Morgan fingerprint density at radius 3 is 3.00 bits per heavy atom. The van der Waals surface area contributed by atoms with Crippen LogP contribution >= 0.6 is 22.6 Å². The molecule has 2 rings (SSSR count). The number of halogens is 1. The van der Waals surface area contributed by atoms with E-state index in [9.17, 15) is 10.1 Å².